The van der Waals surface area contributed by atoms with E-state index in [0.29, 0.717) is 19.6 Å². The SMILES string of the molecule is CCn1cc(C(=O)OCCCCO[N+](=O)[O-])c(=O)c2cc(F)c(N3CCNC(C)C3)c(F)c21. The van der Waals surface area contributed by atoms with Crippen LogP contribution in [0.5, 0.6) is 0 Å². The molecule has 10 nitrogen and oxygen atoms in total. The molecule has 0 bridgehead atoms. The monoisotopic (exact) mass is 468 g/mol. The van der Waals surface area contributed by atoms with Gasteiger partial charge in [-0.25, -0.2) is 13.6 Å². The zero-order valence-corrected chi connectivity index (χ0v) is 18.4. The summed E-state index contributed by atoms with van der Waals surface area (Å²) in [6.45, 7) is 5.02. The van der Waals surface area contributed by atoms with E-state index in [1.165, 1.54) is 10.8 Å². The molecule has 1 saturated heterocycles. The number of aromatic nitrogens is 1. The number of hydrogen-bond acceptors (Lipinski definition) is 8. The Balaban J connectivity index is 1.89. The molecule has 12 heteroatoms. The minimum Gasteiger partial charge on any atom is -0.462 e. The molecule has 0 radical (unpaired) electrons. The highest BCUT2D eigenvalue weighted by Gasteiger charge is 2.27. The number of ether oxygens (including phenoxy) is 1. The average molecular weight is 468 g/mol. The number of benzene rings is 1. The van der Waals surface area contributed by atoms with Gasteiger partial charge in [0, 0.05) is 38.4 Å². The van der Waals surface area contributed by atoms with Crippen LogP contribution in [0.4, 0.5) is 14.5 Å². The largest absolute Gasteiger partial charge is 0.462 e. The Bertz CT molecular complexity index is 1110. The van der Waals surface area contributed by atoms with Gasteiger partial charge in [0.1, 0.15) is 17.1 Å². The fraction of sp³-hybridized carbons (Fsp3) is 0.524. The van der Waals surface area contributed by atoms with Gasteiger partial charge in [0.25, 0.3) is 5.09 Å². The van der Waals surface area contributed by atoms with Gasteiger partial charge in [-0.15, -0.1) is 10.1 Å². The lowest BCUT2D eigenvalue weighted by Crippen LogP contribution is -2.49. The minimum absolute atomic E-state index is 0.0462. The molecule has 0 saturated carbocycles. The lowest BCUT2D eigenvalue weighted by molar-refractivity contribution is -0.757. The molecule has 1 atom stereocenters. The van der Waals surface area contributed by atoms with E-state index in [-0.39, 0.29) is 60.8 Å². The molecule has 1 aromatic heterocycles. The van der Waals surface area contributed by atoms with Crippen molar-refractivity contribution in [2.45, 2.75) is 39.3 Å². The maximum Gasteiger partial charge on any atom is 0.343 e. The van der Waals surface area contributed by atoms with Crippen LogP contribution >= 0.6 is 0 Å². The third-order valence-electron chi connectivity index (χ3n) is 5.44. The van der Waals surface area contributed by atoms with Crippen molar-refractivity contribution in [3.8, 4) is 0 Å². The Morgan fingerprint density at radius 1 is 1.33 bits per heavy atom. The molecule has 0 spiro atoms. The Hall–Kier alpha value is -3.28. The molecule has 2 aromatic rings. The lowest BCUT2D eigenvalue weighted by atomic mass is 10.1. The number of carbonyl (C=O) groups is 1. The predicted octanol–water partition coefficient (Wildman–Crippen LogP) is 2.24. The molecule has 1 aliphatic rings. The van der Waals surface area contributed by atoms with Crippen molar-refractivity contribution in [3.05, 3.63) is 49.8 Å². The van der Waals surface area contributed by atoms with Gasteiger partial charge < -0.3 is 24.4 Å². The number of hydrogen-bond donors (Lipinski definition) is 1. The van der Waals surface area contributed by atoms with Crippen molar-refractivity contribution < 1.29 is 28.2 Å². The number of aryl methyl sites for hydroxylation is 1. The van der Waals surface area contributed by atoms with Crippen LogP contribution in [0.3, 0.4) is 0 Å². The number of unbranched alkanes of at least 4 members (excludes halogenated alkanes) is 1. The van der Waals surface area contributed by atoms with E-state index in [9.17, 15) is 24.1 Å². The first kappa shape index (κ1) is 24.4. The average Bonchev–Trinajstić information content (AvgIpc) is 2.76. The van der Waals surface area contributed by atoms with Crippen LogP contribution in [-0.2, 0) is 16.1 Å². The van der Waals surface area contributed by atoms with Crippen LogP contribution in [0.25, 0.3) is 10.9 Å². The summed E-state index contributed by atoms with van der Waals surface area (Å²) in [6, 6.07) is 1.02. The van der Waals surface area contributed by atoms with Gasteiger partial charge in [-0.05, 0) is 32.8 Å². The van der Waals surface area contributed by atoms with Crippen LogP contribution in [-0.4, -0.2) is 54.5 Å². The van der Waals surface area contributed by atoms with E-state index in [2.05, 4.69) is 10.2 Å². The molecule has 180 valence electrons. The van der Waals surface area contributed by atoms with E-state index in [0.717, 1.165) is 6.07 Å². The number of nitrogens with zero attached hydrogens (tertiary/aromatic N) is 3. The second kappa shape index (κ2) is 10.6. The van der Waals surface area contributed by atoms with Crippen molar-refractivity contribution >= 4 is 22.6 Å². The van der Waals surface area contributed by atoms with E-state index in [1.807, 2.05) is 6.92 Å². The molecule has 0 amide bonds. The van der Waals surface area contributed by atoms with E-state index >= 15 is 4.39 Å². The predicted molar refractivity (Wildman–Crippen MR) is 116 cm³/mol. The number of carbonyl (C=O) groups excluding carboxylic acids is 1. The van der Waals surface area contributed by atoms with Crippen LogP contribution in [0.2, 0.25) is 0 Å². The summed E-state index contributed by atoms with van der Waals surface area (Å²) in [5.41, 5.74) is -1.43. The third-order valence-corrected chi connectivity index (χ3v) is 5.44. The standard InChI is InChI=1S/C21H26F2N4O6/c1-3-25-12-15(21(29)32-8-4-5-9-33-27(30)31)20(28)14-10-16(22)19(17(23)18(14)25)26-7-6-24-13(2)11-26/h10,12-13,24H,3-9,11H2,1-2H3. The van der Waals surface area contributed by atoms with Gasteiger partial charge in [0.15, 0.2) is 5.82 Å². The van der Waals surface area contributed by atoms with Gasteiger partial charge >= 0.3 is 5.97 Å². The second-order valence-electron chi connectivity index (χ2n) is 7.78. The summed E-state index contributed by atoms with van der Waals surface area (Å²) >= 11 is 0. The van der Waals surface area contributed by atoms with Crippen LogP contribution in [0.1, 0.15) is 37.0 Å². The Labute approximate surface area is 188 Å². The van der Waals surface area contributed by atoms with E-state index < -0.39 is 28.1 Å². The molecule has 2 heterocycles. The molecule has 1 fully saturated rings. The Morgan fingerprint density at radius 2 is 2.06 bits per heavy atom. The summed E-state index contributed by atoms with van der Waals surface area (Å²) in [4.78, 5) is 41.3. The van der Waals surface area contributed by atoms with Crippen LogP contribution in [0, 0.1) is 21.7 Å². The molecule has 33 heavy (non-hydrogen) atoms. The number of nitrogens with one attached hydrogen (secondary N) is 1. The van der Waals surface area contributed by atoms with Crippen molar-refractivity contribution in [2.75, 3.05) is 37.7 Å². The number of rotatable bonds is 9. The smallest absolute Gasteiger partial charge is 0.343 e. The van der Waals surface area contributed by atoms with Gasteiger partial charge in [0.2, 0.25) is 5.43 Å². The van der Waals surface area contributed by atoms with E-state index in [1.54, 1.807) is 11.8 Å². The first-order valence-corrected chi connectivity index (χ1v) is 10.7. The molecular formula is C21H26F2N4O6. The van der Waals surface area contributed by atoms with Crippen molar-refractivity contribution in [2.24, 2.45) is 0 Å². The molecule has 3 rings (SSSR count). The number of piperazine rings is 1. The zero-order valence-electron chi connectivity index (χ0n) is 18.4. The van der Waals surface area contributed by atoms with Crippen LogP contribution < -0.4 is 15.6 Å². The third kappa shape index (κ3) is 5.38. The summed E-state index contributed by atoms with van der Waals surface area (Å²) in [5, 5.41) is 12.2. The number of fused-ring (bicyclic) bond motifs is 1. The maximum absolute atomic E-state index is 15.5. The van der Waals surface area contributed by atoms with Gasteiger partial charge in [-0.3, -0.25) is 4.79 Å². The lowest BCUT2D eigenvalue weighted by Gasteiger charge is -2.34. The van der Waals surface area contributed by atoms with E-state index in [4.69, 9.17) is 4.74 Å². The highest BCUT2D eigenvalue weighted by molar-refractivity contribution is 5.94. The normalized spacial score (nSPS) is 16.1. The minimum atomic E-state index is -0.930. The molecule has 1 aromatic carbocycles. The van der Waals surface area contributed by atoms with Gasteiger partial charge in [-0.2, -0.15) is 0 Å². The topological polar surface area (TPSA) is 116 Å². The summed E-state index contributed by atoms with van der Waals surface area (Å²) in [5.74, 6) is -2.64. The Kier molecular flexibility index (Phi) is 7.79. The highest BCUT2D eigenvalue weighted by atomic mass is 19.1. The number of pyridine rings is 1. The van der Waals surface area contributed by atoms with Gasteiger partial charge in [-0.1, -0.05) is 0 Å². The molecule has 1 unspecified atom stereocenters. The fourth-order valence-corrected chi connectivity index (χ4v) is 3.88. The molecule has 0 aliphatic carbocycles. The fourth-order valence-electron chi connectivity index (χ4n) is 3.88. The summed E-state index contributed by atoms with van der Waals surface area (Å²) in [7, 11) is 0. The molecular weight excluding hydrogens is 442 g/mol. The number of anilines is 1. The van der Waals surface area contributed by atoms with Crippen molar-refractivity contribution in [1.82, 2.24) is 9.88 Å². The first-order chi connectivity index (χ1) is 15.7. The van der Waals surface area contributed by atoms with Crippen molar-refractivity contribution in [3.63, 3.8) is 0 Å². The Morgan fingerprint density at radius 3 is 2.73 bits per heavy atom. The quantitative estimate of drug-likeness (QED) is 0.258. The maximum atomic E-state index is 15.5. The van der Waals surface area contributed by atoms with Crippen molar-refractivity contribution in [1.29, 1.82) is 0 Å². The number of halogens is 2. The second-order valence-corrected chi connectivity index (χ2v) is 7.78. The van der Waals surface area contributed by atoms with Gasteiger partial charge in [0.05, 0.1) is 24.1 Å². The summed E-state index contributed by atoms with van der Waals surface area (Å²) < 4.78 is 37.0. The molecule has 1 N–H and O–H groups in total. The number of esters is 1. The summed E-state index contributed by atoms with van der Waals surface area (Å²) in [6.07, 6.45) is 1.77. The first-order valence-electron chi connectivity index (χ1n) is 10.7. The molecule has 1 aliphatic heterocycles. The highest BCUT2D eigenvalue weighted by Crippen LogP contribution is 2.30. The van der Waals surface area contributed by atoms with Crippen LogP contribution in [0.15, 0.2) is 17.1 Å². The zero-order chi connectivity index (χ0) is 24.1.